The molecular formula is C6H12F2O. The van der Waals surface area contributed by atoms with Crippen LogP contribution in [-0.2, 0) is 4.74 Å². The fraction of sp³-hybridized carbons (Fsp3) is 1.00. The highest BCUT2D eigenvalue weighted by molar-refractivity contribution is 4.53. The van der Waals surface area contributed by atoms with Gasteiger partial charge in [-0.05, 0) is 6.92 Å². The zero-order valence-corrected chi connectivity index (χ0v) is 5.57. The number of hydrogen-bond donors (Lipinski definition) is 0. The summed E-state index contributed by atoms with van der Waals surface area (Å²) < 4.78 is 28.1. The van der Waals surface area contributed by atoms with E-state index < -0.39 is 19.5 Å². The van der Waals surface area contributed by atoms with Gasteiger partial charge in [-0.1, -0.05) is 0 Å². The van der Waals surface area contributed by atoms with E-state index in [-0.39, 0.29) is 6.42 Å². The second-order valence-electron chi connectivity index (χ2n) is 1.71. The molecule has 0 spiro atoms. The maximum Gasteiger partial charge on any atom is 0.116 e. The lowest BCUT2D eigenvalue weighted by Gasteiger charge is -2.09. The van der Waals surface area contributed by atoms with Gasteiger partial charge in [0, 0.05) is 13.0 Å². The van der Waals surface area contributed by atoms with Crippen molar-refractivity contribution in [2.75, 3.05) is 20.0 Å². The molecule has 0 aliphatic rings. The van der Waals surface area contributed by atoms with Gasteiger partial charge in [0.1, 0.15) is 6.67 Å². The second-order valence-corrected chi connectivity index (χ2v) is 1.71. The fourth-order valence-electron chi connectivity index (χ4n) is 0.562. The molecule has 56 valence electrons. The molecule has 0 aliphatic heterocycles. The summed E-state index contributed by atoms with van der Waals surface area (Å²) in [6.45, 7) is 1.13. The van der Waals surface area contributed by atoms with Crippen LogP contribution in [0.1, 0.15) is 13.3 Å². The first kappa shape index (κ1) is 8.82. The highest BCUT2D eigenvalue weighted by atomic mass is 19.1. The Labute approximate surface area is 54.0 Å². The lowest BCUT2D eigenvalue weighted by Crippen LogP contribution is -2.15. The van der Waals surface area contributed by atoms with Crippen molar-refractivity contribution in [2.45, 2.75) is 19.4 Å². The number of rotatable bonds is 5. The fourth-order valence-corrected chi connectivity index (χ4v) is 0.562. The third-order valence-electron chi connectivity index (χ3n) is 1.01. The summed E-state index contributed by atoms with van der Waals surface area (Å²) >= 11 is 0. The van der Waals surface area contributed by atoms with Crippen LogP contribution in [0.2, 0.25) is 0 Å². The van der Waals surface area contributed by atoms with Crippen molar-refractivity contribution in [1.82, 2.24) is 0 Å². The summed E-state index contributed by atoms with van der Waals surface area (Å²) in [6, 6.07) is 0. The largest absolute Gasteiger partial charge is 0.376 e. The molecule has 0 aromatic rings. The van der Waals surface area contributed by atoms with Crippen LogP contribution in [0.3, 0.4) is 0 Å². The van der Waals surface area contributed by atoms with E-state index in [4.69, 9.17) is 4.74 Å². The van der Waals surface area contributed by atoms with Crippen molar-refractivity contribution in [3.05, 3.63) is 0 Å². The van der Waals surface area contributed by atoms with Gasteiger partial charge < -0.3 is 4.74 Å². The Morgan fingerprint density at radius 3 is 2.44 bits per heavy atom. The summed E-state index contributed by atoms with van der Waals surface area (Å²) in [6.07, 6.45) is -0.357. The van der Waals surface area contributed by atoms with Crippen LogP contribution in [0.15, 0.2) is 0 Å². The Morgan fingerprint density at radius 2 is 2.11 bits per heavy atom. The zero-order valence-electron chi connectivity index (χ0n) is 5.57. The molecule has 0 saturated carbocycles. The Kier molecular flexibility index (Phi) is 5.83. The van der Waals surface area contributed by atoms with Crippen molar-refractivity contribution in [1.29, 1.82) is 0 Å². The van der Waals surface area contributed by atoms with Gasteiger partial charge in [0.05, 0.1) is 12.8 Å². The van der Waals surface area contributed by atoms with E-state index in [1.54, 1.807) is 6.92 Å². The topological polar surface area (TPSA) is 9.23 Å². The number of alkyl halides is 2. The van der Waals surface area contributed by atoms with Crippen LogP contribution in [0.25, 0.3) is 0 Å². The van der Waals surface area contributed by atoms with Crippen LogP contribution >= 0.6 is 0 Å². The molecule has 1 nitrogen and oxygen atoms in total. The summed E-state index contributed by atoms with van der Waals surface area (Å²) in [5, 5.41) is 0. The Hall–Kier alpha value is -0.180. The molecule has 9 heavy (non-hydrogen) atoms. The molecule has 0 heterocycles. The monoisotopic (exact) mass is 138 g/mol. The van der Waals surface area contributed by atoms with Gasteiger partial charge >= 0.3 is 0 Å². The van der Waals surface area contributed by atoms with E-state index in [9.17, 15) is 8.78 Å². The van der Waals surface area contributed by atoms with Crippen LogP contribution in [0.5, 0.6) is 0 Å². The SMILES string of the molecule is CCOC(CF)CCF. The van der Waals surface area contributed by atoms with Crippen LogP contribution in [0, 0.1) is 0 Å². The molecule has 0 rings (SSSR count). The van der Waals surface area contributed by atoms with Crippen LogP contribution in [0.4, 0.5) is 8.78 Å². The smallest absolute Gasteiger partial charge is 0.116 e. The molecule has 0 aromatic carbocycles. The van der Waals surface area contributed by atoms with Crippen molar-refractivity contribution < 1.29 is 13.5 Å². The van der Waals surface area contributed by atoms with Gasteiger partial charge in [0.25, 0.3) is 0 Å². The minimum atomic E-state index is -0.586. The Balaban J connectivity index is 3.18. The summed E-state index contributed by atoms with van der Waals surface area (Å²) in [5.41, 5.74) is 0. The molecule has 1 atom stereocenters. The molecule has 0 amide bonds. The normalized spacial score (nSPS) is 13.7. The van der Waals surface area contributed by atoms with Gasteiger partial charge in [-0.2, -0.15) is 0 Å². The molecule has 1 unspecified atom stereocenters. The molecule has 0 N–H and O–H groups in total. The van der Waals surface area contributed by atoms with Gasteiger partial charge in [-0.25, -0.2) is 4.39 Å². The van der Waals surface area contributed by atoms with E-state index in [1.807, 2.05) is 0 Å². The zero-order chi connectivity index (χ0) is 7.11. The predicted molar refractivity (Wildman–Crippen MR) is 32.0 cm³/mol. The van der Waals surface area contributed by atoms with Gasteiger partial charge in [0.15, 0.2) is 0 Å². The number of halogens is 2. The predicted octanol–water partition coefficient (Wildman–Crippen LogP) is 1.72. The Morgan fingerprint density at radius 1 is 1.44 bits per heavy atom. The van der Waals surface area contributed by atoms with Gasteiger partial charge in [-0.3, -0.25) is 4.39 Å². The minimum Gasteiger partial charge on any atom is -0.376 e. The third-order valence-corrected chi connectivity index (χ3v) is 1.01. The highest BCUT2D eigenvalue weighted by Gasteiger charge is 2.05. The molecule has 0 aliphatic carbocycles. The molecule has 0 aromatic heterocycles. The molecule has 0 radical (unpaired) electrons. The summed E-state index contributed by atoms with van der Waals surface area (Å²) in [7, 11) is 0. The van der Waals surface area contributed by atoms with Crippen molar-refractivity contribution >= 4 is 0 Å². The van der Waals surface area contributed by atoms with E-state index in [0.29, 0.717) is 6.61 Å². The van der Waals surface area contributed by atoms with Crippen molar-refractivity contribution in [2.24, 2.45) is 0 Å². The van der Waals surface area contributed by atoms with Crippen LogP contribution in [-0.4, -0.2) is 26.1 Å². The summed E-state index contributed by atoms with van der Waals surface area (Å²) in [4.78, 5) is 0. The van der Waals surface area contributed by atoms with E-state index in [0.717, 1.165) is 0 Å². The number of ether oxygens (including phenoxy) is 1. The van der Waals surface area contributed by atoms with Gasteiger partial charge in [0.2, 0.25) is 0 Å². The van der Waals surface area contributed by atoms with Gasteiger partial charge in [-0.15, -0.1) is 0 Å². The van der Waals surface area contributed by atoms with E-state index in [1.165, 1.54) is 0 Å². The van der Waals surface area contributed by atoms with Crippen LogP contribution < -0.4 is 0 Å². The quantitative estimate of drug-likeness (QED) is 0.562. The first-order chi connectivity index (χ1) is 4.35. The Bertz CT molecular complexity index is 53.0. The lowest BCUT2D eigenvalue weighted by atomic mass is 10.3. The average Bonchev–Trinajstić information content (AvgIpc) is 1.88. The molecule has 3 heteroatoms. The first-order valence-electron chi connectivity index (χ1n) is 3.08. The average molecular weight is 138 g/mol. The third kappa shape index (κ3) is 4.33. The molecule has 0 fully saturated rings. The molecular weight excluding hydrogens is 126 g/mol. The first-order valence-corrected chi connectivity index (χ1v) is 3.08. The maximum atomic E-state index is 11.7. The molecule has 0 saturated heterocycles. The standard InChI is InChI=1S/C6H12F2O/c1-2-9-6(5-8)3-4-7/h6H,2-5H2,1H3. The van der Waals surface area contributed by atoms with E-state index in [2.05, 4.69) is 0 Å². The molecule has 0 bridgehead atoms. The lowest BCUT2D eigenvalue weighted by molar-refractivity contribution is 0.0345. The highest BCUT2D eigenvalue weighted by Crippen LogP contribution is 1.98. The number of hydrogen-bond acceptors (Lipinski definition) is 1. The summed E-state index contributed by atoms with van der Waals surface area (Å²) in [5.74, 6) is 0. The van der Waals surface area contributed by atoms with Crippen molar-refractivity contribution in [3.63, 3.8) is 0 Å². The minimum absolute atomic E-state index is 0.171. The van der Waals surface area contributed by atoms with E-state index >= 15 is 0 Å². The second kappa shape index (κ2) is 5.95. The maximum absolute atomic E-state index is 11.7. The van der Waals surface area contributed by atoms with Crippen molar-refractivity contribution in [3.8, 4) is 0 Å².